The van der Waals surface area contributed by atoms with Crippen molar-refractivity contribution in [1.29, 1.82) is 0 Å². The van der Waals surface area contributed by atoms with Crippen LogP contribution in [0.5, 0.6) is 5.75 Å². The quantitative estimate of drug-likeness (QED) is 0.818. The fraction of sp³-hybridized carbons (Fsp3) is 0.600. The van der Waals surface area contributed by atoms with Gasteiger partial charge in [0.25, 0.3) is 0 Å². The molecule has 1 aromatic carbocycles. The van der Waals surface area contributed by atoms with Crippen LogP contribution in [0.4, 0.5) is 0 Å². The third kappa shape index (κ3) is 3.72. The lowest BCUT2D eigenvalue weighted by Gasteiger charge is -2.23. The molecule has 1 rings (SSSR count). The number of hydrogen-bond donors (Lipinski definition) is 2. The van der Waals surface area contributed by atoms with E-state index < -0.39 is 12.2 Å². The molecule has 0 bridgehead atoms. The zero-order valence-electron chi connectivity index (χ0n) is 11.7. The summed E-state index contributed by atoms with van der Waals surface area (Å²) in [5.74, 6) is 1.05. The number of ether oxygens (including phenoxy) is 1. The monoisotopic (exact) mass is 252 g/mol. The van der Waals surface area contributed by atoms with E-state index in [-0.39, 0.29) is 5.92 Å². The molecule has 102 valence electrons. The average Bonchev–Trinajstić information content (AvgIpc) is 2.35. The van der Waals surface area contributed by atoms with Crippen LogP contribution in [-0.2, 0) is 0 Å². The summed E-state index contributed by atoms with van der Waals surface area (Å²) in [5.41, 5.74) is 2.29. The van der Waals surface area contributed by atoms with E-state index in [9.17, 15) is 10.2 Å². The largest absolute Gasteiger partial charge is 0.496 e. The van der Waals surface area contributed by atoms with Crippen LogP contribution in [-0.4, -0.2) is 29.5 Å². The normalized spacial score (nSPS) is 16.1. The summed E-state index contributed by atoms with van der Waals surface area (Å²) >= 11 is 0. The molecule has 18 heavy (non-hydrogen) atoms. The summed E-state index contributed by atoms with van der Waals surface area (Å²) < 4.78 is 5.38. The van der Waals surface area contributed by atoms with Gasteiger partial charge in [0.05, 0.1) is 19.3 Å². The molecule has 0 aliphatic rings. The minimum atomic E-state index is -0.699. The van der Waals surface area contributed by atoms with Crippen molar-refractivity contribution in [2.45, 2.75) is 51.7 Å². The Balaban J connectivity index is 2.97. The van der Waals surface area contributed by atoms with E-state index in [2.05, 4.69) is 13.0 Å². The molecule has 0 radical (unpaired) electrons. The van der Waals surface area contributed by atoms with Gasteiger partial charge in [0.2, 0.25) is 0 Å². The first-order valence-corrected chi connectivity index (χ1v) is 6.50. The SMILES string of the molecule is CCC(CC(O)C(C)O)c1cc(C)ccc1OC. The smallest absolute Gasteiger partial charge is 0.122 e. The van der Waals surface area contributed by atoms with Gasteiger partial charge in [-0.2, -0.15) is 0 Å². The van der Waals surface area contributed by atoms with Gasteiger partial charge in [-0.1, -0.05) is 24.6 Å². The summed E-state index contributed by atoms with van der Waals surface area (Å²) in [7, 11) is 1.66. The Labute approximate surface area is 109 Å². The topological polar surface area (TPSA) is 49.7 Å². The van der Waals surface area contributed by atoms with Crippen LogP contribution < -0.4 is 4.74 Å². The molecule has 0 heterocycles. The van der Waals surface area contributed by atoms with Gasteiger partial charge in [-0.15, -0.1) is 0 Å². The molecule has 3 unspecified atom stereocenters. The van der Waals surface area contributed by atoms with E-state index in [0.29, 0.717) is 6.42 Å². The van der Waals surface area contributed by atoms with E-state index in [0.717, 1.165) is 17.7 Å². The van der Waals surface area contributed by atoms with Gasteiger partial charge in [-0.3, -0.25) is 0 Å². The highest BCUT2D eigenvalue weighted by Gasteiger charge is 2.21. The summed E-state index contributed by atoms with van der Waals surface area (Å²) in [6.07, 6.45) is 0.0624. The third-order valence-corrected chi connectivity index (χ3v) is 3.40. The number of aliphatic hydroxyl groups is 2. The molecule has 3 atom stereocenters. The van der Waals surface area contributed by atoms with Crippen LogP contribution in [0.15, 0.2) is 18.2 Å². The Kier molecular flexibility index (Phi) is 5.63. The lowest BCUT2D eigenvalue weighted by molar-refractivity contribution is 0.0214. The van der Waals surface area contributed by atoms with Gasteiger partial charge >= 0.3 is 0 Å². The van der Waals surface area contributed by atoms with Gasteiger partial charge in [-0.25, -0.2) is 0 Å². The van der Waals surface area contributed by atoms with Crippen molar-refractivity contribution in [3.63, 3.8) is 0 Å². The van der Waals surface area contributed by atoms with Crippen molar-refractivity contribution in [1.82, 2.24) is 0 Å². The Bertz CT molecular complexity index is 374. The number of aryl methyl sites for hydroxylation is 1. The first-order chi connectivity index (χ1) is 8.49. The van der Waals surface area contributed by atoms with Crippen LogP contribution in [0.2, 0.25) is 0 Å². The first-order valence-electron chi connectivity index (χ1n) is 6.50. The maximum absolute atomic E-state index is 9.83. The predicted molar refractivity (Wildman–Crippen MR) is 73.1 cm³/mol. The van der Waals surface area contributed by atoms with E-state index >= 15 is 0 Å². The number of rotatable bonds is 6. The number of benzene rings is 1. The van der Waals surface area contributed by atoms with Crippen LogP contribution in [0.3, 0.4) is 0 Å². The van der Waals surface area contributed by atoms with E-state index in [1.165, 1.54) is 5.56 Å². The Morgan fingerprint density at radius 3 is 2.44 bits per heavy atom. The molecule has 0 spiro atoms. The second-order valence-electron chi connectivity index (χ2n) is 4.89. The Hall–Kier alpha value is -1.06. The maximum atomic E-state index is 9.83. The van der Waals surface area contributed by atoms with E-state index in [1.807, 2.05) is 19.1 Å². The molecule has 0 aliphatic heterocycles. The molecule has 3 heteroatoms. The second kappa shape index (κ2) is 6.76. The van der Waals surface area contributed by atoms with E-state index in [1.54, 1.807) is 14.0 Å². The second-order valence-corrected chi connectivity index (χ2v) is 4.89. The van der Waals surface area contributed by atoms with Gasteiger partial charge in [0.1, 0.15) is 5.75 Å². The molecule has 0 aliphatic carbocycles. The van der Waals surface area contributed by atoms with Gasteiger partial charge in [-0.05, 0) is 44.2 Å². The molecule has 0 fully saturated rings. The molecule has 0 amide bonds. The van der Waals surface area contributed by atoms with Crippen molar-refractivity contribution >= 4 is 0 Å². The number of aliphatic hydroxyl groups excluding tert-OH is 2. The minimum Gasteiger partial charge on any atom is -0.496 e. The van der Waals surface area contributed by atoms with Crippen molar-refractivity contribution in [2.75, 3.05) is 7.11 Å². The minimum absolute atomic E-state index is 0.199. The molecular weight excluding hydrogens is 228 g/mol. The average molecular weight is 252 g/mol. The standard InChI is InChI=1S/C15H24O3/c1-5-12(9-14(17)11(3)16)13-8-10(2)6-7-15(13)18-4/h6-8,11-12,14,16-17H,5,9H2,1-4H3. The third-order valence-electron chi connectivity index (χ3n) is 3.40. The highest BCUT2D eigenvalue weighted by Crippen LogP contribution is 2.33. The molecule has 0 saturated carbocycles. The van der Waals surface area contributed by atoms with Gasteiger partial charge < -0.3 is 14.9 Å². The highest BCUT2D eigenvalue weighted by atomic mass is 16.5. The molecular formula is C15H24O3. The Morgan fingerprint density at radius 2 is 1.94 bits per heavy atom. The van der Waals surface area contributed by atoms with E-state index in [4.69, 9.17) is 4.74 Å². The highest BCUT2D eigenvalue weighted by molar-refractivity contribution is 5.39. The zero-order valence-corrected chi connectivity index (χ0v) is 11.7. The molecule has 3 nitrogen and oxygen atoms in total. The summed E-state index contributed by atoms with van der Waals surface area (Å²) in [4.78, 5) is 0. The Morgan fingerprint density at radius 1 is 1.28 bits per heavy atom. The van der Waals surface area contributed by atoms with Crippen LogP contribution >= 0.6 is 0 Å². The van der Waals surface area contributed by atoms with Gasteiger partial charge in [0.15, 0.2) is 0 Å². The fourth-order valence-corrected chi connectivity index (χ4v) is 2.17. The van der Waals surface area contributed by atoms with Crippen LogP contribution in [0, 0.1) is 6.92 Å². The maximum Gasteiger partial charge on any atom is 0.122 e. The summed E-state index contributed by atoms with van der Waals surface area (Å²) in [5, 5.41) is 19.2. The van der Waals surface area contributed by atoms with Crippen molar-refractivity contribution in [3.8, 4) is 5.75 Å². The number of methoxy groups -OCH3 is 1. The lowest BCUT2D eigenvalue weighted by Crippen LogP contribution is -2.24. The van der Waals surface area contributed by atoms with Crippen molar-refractivity contribution < 1.29 is 14.9 Å². The van der Waals surface area contributed by atoms with Gasteiger partial charge in [0, 0.05) is 0 Å². The molecule has 0 saturated heterocycles. The van der Waals surface area contributed by atoms with Crippen LogP contribution in [0.25, 0.3) is 0 Å². The zero-order chi connectivity index (χ0) is 13.7. The number of hydrogen-bond acceptors (Lipinski definition) is 3. The van der Waals surface area contributed by atoms with Crippen LogP contribution in [0.1, 0.15) is 43.7 Å². The molecule has 2 N–H and O–H groups in total. The lowest BCUT2D eigenvalue weighted by atomic mass is 9.88. The predicted octanol–water partition coefficient (Wildman–Crippen LogP) is 2.63. The van der Waals surface area contributed by atoms with Crippen molar-refractivity contribution in [3.05, 3.63) is 29.3 Å². The summed E-state index contributed by atoms with van der Waals surface area (Å²) in [6, 6.07) is 6.07. The fourth-order valence-electron chi connectivity index (χ4n) is 2.17. The molecule has 1 aromatic rings. The molecule has 0 aromatic heterocycles. The first kappa shape index (κ1) is 15.0. The summed E-state index contributed by atoms with van der Waals surface area (Å²) in [6.45, 7) is 5.74. The van der Waals surface area contributed by atoms with Crippen molar-refractivity contribution in [2.24, 2.45) is 0 Å².